The normalized spacial score (nSPS) is 10.6. The number of rotatable bonds is 2. The third kappa shape index (κ3) is 2.07. The van der Waals surface area contributed by atoms with Crippen LogP contribution in [0.1, 0.15) is 11.1 Å². The summed E-state index contributed by atoms with van der Waals surface area (Å²) in [6, 6.07) is 4.71. The fourth-order valence-electron chi connectivity index (χ4n) is 1.71. The van der Waals surface area contributed by atoms with Crippen LogP contribution in [-0.2, 0) is 16.0 Å². The van der Waals surface area contributed by atoms with Crippen LogP contribution in [0.5, 0.6) is 5.75 Å². The van der Waals surface area contributed by atoms with Crippen LogP contribution in [0.2, 0.25) is 0 Å². The highest BCUT2D eigenvalue weighted by molar-refractivity contribution is 5.83. The molecule has 0 unspecified atom stereocenters. The van der Waals surface area contributed by atoms with E-state index in [9.17, 15) is 14.7 Å². The average Bonchev–Trinajstić information content (AvgIpc) is 2.36. The smallest absolute Gasteiger partial charge is 0.340 e. The molecule has 0 atom stereocenters. The molecule has 1 N–H and O–H groups in total. The molecule has 0 bridgehead atoms. The van der Waals surface area contributed by atoms with E-state index in [1.54, 1.807) is 19.1 Å². The van der Waals surface area contributed by atoms with E-state index in [1.165, 1.54) is 13.2 Å². The number of carbonyl (C=O) groups excluding carboxylic acids is 1. The van der Waals surface area contributed by atoms with Gasteiger partial charge < -0.3 is 14.3 Å². The van der Waals surface area contributed by atoms with E-state index in [-0.39, 0.29) is 17.7 Å². The number of fused-ring (bicyclic) bond motifs is 1. The van der Waals surface area contributed by atoms with Gasteiger partial charge in [-0.1, -0.05) is 0 Å². The maximum Gasteiger partial charge on any atom is 0.340 e. The highest BCUT2D eigenvalue weighted by Gasteiger charge is 2.12. The van der Waals surface area contributed by atoms with Crippen molar-refractivity contribution in [2.24, 2.45) is 0 Å². The highest BCUT2D eigenvalue weighted by atomic mass is 16.5. The van der Waals surface area contributed by atoms with Crippen molar-refractivity contribution in [2.75, 3.05) is 7.11 Å². The predicted octanol–water partition coefficient (Wildman–Crippen LogP) is 1.52. The van der Waals surface area contributed by atoms with Gasteiger partial charge in [-0.3, -0.25) is 4.79 Å². The molecule has 1 heterocycles. The van der Waals surface area contributed by atoms with Crippen LogP contribution in [0.25, 0.3) is 11.0 Å². The fourth-order valence-corrected chi connectivity index (χ4v) is 1.71. The molecule has 2 aromatic rings. The van der Waals surface area contributed by atoms with Gasteiger partial charge in [-0.05, 0) is 25.1 Å². The quantitative estimate of drug-likeness (QED) is 0.644. The number of phenols is 1. The minimum atomic E-state index is -0.596. The Bertz CT molecular complexity index is 669. The number of carbonyl (C=O) groups is 1. The summed E-state index contributed by atoms with van der Waals surface area (Å²) in [5.41, 5.74) is 0.462. The Kier molecular flexibility index (Phi) is 3.06. The third-order valence-electron chi connectivity index (χ3n) is 2.76. The Morgan fingerprint density at radius 1 is 1.44 bits per heavy atom. The van der Waals surface area contributed by atoms with Gasteiger partial charge >= 0.3 is 11.6 Å². The maximum atomic E-state index is 11.7. The molecule has 5 nitrogen and oxygen atoms in total. The molecule has 0 aliphatic carbocycles. The summed E-state index contributed by atoms with van der Waals surface area (Å²) in [6.07, 6.45) is -0.130. The number of methoxy groups -OCH3 is 1. The molecule has 5 heteroatoms. The van der Waals surface area contributed by atoms with Crippen molar-refractivity contribution < 1.29 is 19.1 Å². The maximum absolute atomic E-state index is 11.7. The van der Waals surface area contributed by atoms with Gasteiger partial charge in [0, 0.05) is 16.5 Å². The molecule has 0 aliphatic rings. The van der Waals surface area contributed by atoms with Gasteiger partial charge in [0.2, 0.25) is 0 Å². The number of ether oxygens (including phenoxy) is 1. The van der Waals surface area contributed by atoms with E-state index in [0.29, 0.717) is 16.5 Å². The molecule has 1 aromatic heterocycles. The lowest BCUT2D eigenvalue weighted by atomic mass is 10.1. The molecule has 0 saturated heterocycles. The molecular weight excluding hydrogens is 236 g/mol. The lowest BCUT2D eigenvalue weighted by Crippen LogP contribution is -2.14. The van der Waals surface area contributed by atoms with Crippen molar-refractivity contribution >= 4 is 16.9 Å². The van der Waals surface area contributed by atoms with E-state index in [0.717, 1.165) is 0 Å². The van der Waals surface area contributed by atoms with Crippen LogP contribution in [0.15, 0.2) is 27.4 Å². The van der Waals surface area contributed by atoms with Gasteiger partial charge in [-0.25, -0.2) is 4.79 Å². The zero-order valence-corrected chi connectivity index (χ0v) is 10.0. The largest absolute Gasteiger partial charge is 0.508 e. The molecule has 18 heavy (non-hydrogen) atoms. The number of benzene rings is 1. The van der Waals surface area contributed by atoms with Gasteiger partial charge in [-0.15, -0.1) is 0 Å². The van der Waals surface area contributed by atoms with Crippen molar-refractivity contribution in [3.63, 3.8) is 0 Å². The number of hydrogen-bond donors (Lipinski definition) is 1. The SMILES string of the molecule is COC(=O)Cc1cc2ccc(O)c(C)c2oc1=O. The number of aryl methyl sites for hydroxylation is 1. The van der Waals surface area contributed by atoms with Crippen LogP contribution < -0.4 is 5.63 Å². The average molecular weight is 248 g/mol. The number of esters is 1. The van der Waals surface area contributed by atoms with Gasteiger partial charge in [0.15, 0.2) is 0 Å². The van der Waals surface area contributed by atoms with Gasteiger partial charge in [0.05, 0.1) is 13.5 Å². The van der Waals surface area contributed by atoms with Crippen LogP contribution in [0, 0.1) is 6.92 Å². The van der Waals surface area contributed by atoms with E-state index < -0.39 is 11.6 Å². The second-order valence-electron chi connectivity index (χ2n) is 3.94. The summed E-state index contributed by atoms with van der Waals surface area (Å²) in [6.45, 7) is 1.65. The topological polar surface area (TPSA) is 76.7 Å². The molecule has 0 saturated carbocycles. The van der Waals surface area contributed by atoms with Crippen molar-refractivity contribution in [3.8, 4) is 5.75 Å². The second kappa shape index (κ2) is 4.52. The Labute approximate surface area is 103 Å². The summed E-state index contributed by atoms with van der Waals surface area (Å²) in [5.74, 6) is -0.441. The molecule has 0 aliphatic heterocycles. The highest BCUT2D eigenvalue weighted by Crippen LogP contribution is 2.25. The molecule has 0 amide bonds. The Morgan fingerprint density at radius 2 is 2.17 bits per heavy atom. The molecule has 94 valence electrons. The summed E-state index contributed by atoms with van der Waals surface area (Å²) in [5, 5.41) is 10.2. The zero-order chi connectivity index (χ0) is 13.3. The van der Waals surface area contributed by atoms with Gasteiger partial charge in [0.25, 0.3) is 0 Å². The minimum Gasteiger partial charge on any atom is -0.508 e. The summed E-state index contributed by atoms with van der Waals surface area (Å²) in [7, 11) is 1.26. The first kappa shape index (κ1) is 12.2. The molecule has 0 spiro atoms. The van der Waals surface area contributed by atoms with E-state index in [4.69, 9.17) is 4.42 Å². The predicted molar refractivity (Wildman–Crippen MR) is 64.6 cm³/mol. The minimum absolute atomic E-state index is 0.0615. The molecule has 1 aromatic carbocycles. The van der Waals surface area contributed by atoms with Crippen molar-refractivity contribution in [2.45, 2.75) is 13.3 Å². The molecule has 2 rings (SSSR count). The first-order valence-corrected chi connectivity index (χ1v) is 5.35. The third-order valence-corrected chi connectivity index (χ3v) is 2.76. The van der Waals surface area contributed by atoms with Crippen LogP contribution in [0.3, 0.4) is 0 Å². The fraction of sp³-hybridized carbons (Fsp3) is 0.231. The number of aromatic hydroxyl groups is 1. The monoisotopic (exact) mass is 248 g/mol. The van der Waals surface area contributed by atoms with Crippen molar-refractivity contribution in [1.29, 1.82) is 0 Å². The Morgan fingerprint density at radius 3 is 2.83 bits per heavy atom. The number of hydrogen-bond acceptors (Lipinski definition) is 5. The van der Waals surface area contributed by atoms with Crippen LogP contribution >= 0.6 is 0 Å². The lowest BCUT2D eigenvalue weighted by molar-refractivity contribution is -0.139. The zero-order valence-electron chi connectivity index (χ0n) is 10.0. The van der Waals surface area contributed by atoms with E-state index >= 15 is 0 Å². The van der Waals surface area contributed by atoms with E-state index in [2.05, 4.69) is 4.74 Å². The summed E-state index contributed by atoms with van der Waals surface area (Å²) in [4.78, 5) is 22.8. The summed E-state index contributed by atoms with van der Waals surface area (Å²) >= 11 is 0. The standard InChI is InChI=1S/C13H12O5/c1-7-10(14)4-3-8-5-9(6-11(15)17-2)13(16)18-12(7)8/h3-5,14H,6H2,1-2H3. The van der Waals surface area contributed by atoms with Gasteiger partial charge in [0.1, 0.15) is 11.3 Å². The second-order valence-corrected chi connectivity index (χ2v) is 3.94. The number of phenolic OH excluding ortho intramolecular Hbond substituents is 1. The molecule has 0 radical (unpaired) electrons. The van der Waals surface area contributed by atoms with Crippen LogP contribution in [-0.4, -0.2) is 18.2 Å². The molecular formula is C13H12O5. The first-order valence-electron chi connectivity index (χ1n) is 5.35. The lowest BCUT2D eigenvalue weighted by Gasteiger charge is -2.05. The van der Waals surface area contributed by atoms with Gasteiger partial charge in [-0.2, -0.15) is 0 Å². The first-order chi connectivity index (χ1) is 8.52. The van der Waals surface area contributed by atoms with Crippen LogP contribution in [0.4, 0.5) is 0 Å². The van der Waals surface area contributed by atoms with Crippen molar-refractivity contribution in [1.82, 2.24) is 0 Å². The van der Waals surface area contributed by atoms with Crippen molar-refractivity contribution in [3.05, 3.63) is 39.7 Å². The summed E-state index contributed by atoms with van der Waals surface area (Å²) < 4.78 is 9.63. The molecule has 0 fully saturated rings. The van der Waals surface area contributed by atoms with E-state index in [1.807, 2.05) is 0 Å². The Balaban J connectivity index is 2.60. The Hall–Kier alpha value is -2.30.